The second kappa shape index (κ2) is 27.8. The van der Waals surface area contributed by atoms with Crippen LogP contribution in [-0.4, -0.2) is 225 Å². The molecule has 3 heterocycles. The SMILES string of the molecule is CCCCCCCCCCCCNCC(O)C1OC(OC(CO)C(O)C2OC(OC(CO)C(O)C3OC(O)(C(O)O)CC(O)C3NC(C)=O)(C(=O)O)CC(O)C2N)(C(=O)O)CC(O)C1NC(=O)CC. The van der Waals surface area contributed by atoms with Gasteiger partial charge in [-0.3, -0.25) is 9.59 Å². The Kier molecular flexibility index (Phi) is 24.4. The highest BCUT2D eigenvalue weighted by atomic mass is 16.8. The highest BCUT2D eigenvalue weighted by Gasteiger charge is 2.61. The second-order valence-electron chi connectivity index (χ2n) is 18.3. The first-order valence-corrected chi connectivity index (χ1v) is 23.7. The van der Waals surface area contributed by atoms with Crippen molar-refractivity contribution < 1.29 is 109 Å². The van der Waals surface area contributed by atoms with Crippen LogP contribution in [0.2, 0.25) is 0 Å². The number of hydrogen-bond donors (Lipinski definition) is 17. The summed E-state index contributed by atoms with van der Waals surface area (Å²) in [6.45, 7) is 2.29. The summed E-state index contributed by atoms with van der Waals surface area (Å²) >= 11 is 0. The third-order valence-electron chi connectivity index (χ3n) is 12.8. The summed E-state index contributed by atoms with van der Waals surface area (Å²) in [7, 11) is 0. The molecule has 0 aromatic carbocycles. The van der Waals surface area contributed by atoms with Gasteiger partial charge in [0.1, 0.15) is 42.7 Å². The molecule has 402 valence electrons. The van der Waals surface area contributed by atoms with Crippen LogP contribution in [0.5, 0.6) is 0 Å². The summed E-state index contributed by atoms with van der Waals surface area (Å²) in [5.41, 5.74) is 6.17. The maximum atomic E-state index is 13.1. The van der Waals surface area contributed by atoms with Gasteiger partial charge in [-0.1, -0.05) is 71.6 Å². The lowest BCUT2D eigenvalue weighted by molar-refractivity contribution is -0.376. The van der Waals surface area contributed by atoms with Crippen molar-refractivity contribution in [1.82, 2.24) is 16.0 Å². The largest absolute Gasteiger partial charge is 0.477 e. The van der Waals surface area contributed by atoms with Crippen LogP contribution in [-0.2, 0) is 42.9 Å². The van der Waals surface area contributed by atoms with Gasteiger partial charge in [0.25, 0.3) is 11.6 Å². The smallest absolute Gasteiger partial charge is 0.364 e. The number of hydrogen-bond acceptors (Lipinski definition) is 22. The zero-order valence-electron chi connectivity index (χ0n) is 39.5. The number of ether oxygens (including phenoxy) is 5. The molecular formula is C43H78N4O22. The molecule has 0 bridgehead atoms. The molecule has 18 N–H and O–H groups in total. The molecule has 3 aliphatic rings. The lowest BCUT2D eigenvalue weighted by Crippen LogP contribution is -2.71. The van der Waals surface area contributed by atoms with Crippen molar-refractivity contribution in [2.45, 2.75) is 220 Å². The maximum Gasteiger partial charge on any atom is 0.364 e. The van der Waals surface area contributed by atoms with Gasteiger partial charge in [0.05, 0.1) is 55.8 Å². The van der Waals surface area contributed by atoms with Crippen LogP contribution < -0.4 is 21.7 Å². The van der Waals surface area contributed by atoms with Crippen molar-refractivity contribution in [2.24, 2.45) is 5.73 Å². The second-order valence-corrected chi connectivity index (χ2v) is 18.3. The van der Waals surface area contributed by atoms with Crippen LogP contribution in [0, 0.1) is 0 Å². The minimum absolute atomic E-state index is 0.0677. The predicted molar refractivity (Wildman–Crippen MR) is 235 cm³/mol. The number of rotatable bonds is 30. The number of amides is 2. The van der Waals surface area contributed by atoms with E-state index in [2.05, 4.69) is 22.9 Å². The number of carbonyl (C=O) groups is 4. The quantitative estimate of drug-likeness (QED) is 0.0237. The number of carboxylic acid groups (broad SMARTS) is 2. The monoisotopic (exact) mass is 1000 g/mol. The first-order valence-electron chi connectivity index (χ1n) is 23.7. The van der Waals surface area contributed by atoms with Gasteiger partial charge in [-0.25, -0.2) is 9.59 Å². The van der Waals surface area contributed by atoms with Gasteiger partial charge in [-0.2, -0.15) is 0 Å². The zero-order valence-corrected chi connectivity index (χ0v) is 39.5. The summed E-state index contributed by atoms with van der Waals surface area (Å²) in [5, 5.41) is 148. The van der Waals surface area contributed by atoms with Crippen molar-refractivity contribution in [3.63, 3.8) is 0 Å². The molecule has 3 saturated heterocycles. The Morgan fingerprint density at radius 2 is 1.13 bits per heavy atom. The average molecular weight is 1000 g/mol. The molecule has 3 fully saturated rings. The third kappa shape index (κ3) is 16.1. The van der Waals surface area contributed by atoms with E-state index in [0.717, 1.165) is 39.0 Å². The molecule has 0 aromatic heterocycles. The highest BCUT2D eigenvalue weighted by Crippen LogP contribution is 2.39. The Morgan fingerprint density at radius 1 is 0.667 bits per heavy atom. The molecule has 0 aliphatic carbocycles. The third-order valence-corrected chi connectivity index (χ3v) is 12.8. The van der Waals surface area contributed by atoms with Gasteiger partial charge in [0.2, 0.25) is 23.9 Å². The Bertz CT molecular complexity index is 1610. The number of aliphatic hydroxyl groups is 11. The van der Waals surface area contributed by atoms with Crippen LogP contribution in [0.15, 0.2) is 0 Å². The Labute approximate surface area is 400 Å². The van der Waals surface area contributed by atoms with Crippen molar-refractivity contribution in [2.75, 3.05) is 26.3 Å². The number of nitrogens with one attached hydrogen (secondary N) is 3. The van der Waals surface area contributed by atoms with E-state index in [-0.39, 0.29) is 13.0 Å². The van der Waals surface area contributed by atoms with E-state index in [1.165, 1.54) is 39.0 Å². The molecule has 3 rings (SSSR count). The summed E-state index contributed by atoms with van der Waals surface area (Å²) in [6, 6.07) is -4.84. The number of aliphatic carboxylic acids is 2. The first-order chi connectivity index (χ1) is 32.5. The molecular weight excluding hydrogens is 924 g/mol. The first kappa shape index (κ1) is 60.5. The van der Waals surface area contributed by atoms with Crippen molar-refractivity contribution in [3.8, 4) is 0 Å². The zero-order chi connectivity index (χ0) is 51.9. The van der Waals surface area contributed by atoms with Gasteiger partial charge in [0.15, 0.2) is 0 Å². The topological polar surface area (TPSA) is 440 Å². The van der Waals surface area contributed by atoms with Crippen LogP contribution in [0.1, 0.15) is 111 Å². The van der Waals surface area contributed by atoms with Gasteiger partial charge < -0.3 is 112 Å². The Hall–Kier alpha value is -2.84. The number of nitrogens with two attached hydrogens (primary N) is 1. The van der Waals surface area contributed by atoms with E-state index in [1.807, 2.05) is 0 Å². The molecule has 26 heteroatoms. The normalized spacial score (nSPS) is 34.1. The van der Waals surface area contributed by atoms with Crippen molar-refractivity contribution >= 4 is 23.8 Å². The summed E-state index contributed by atoms with van der Waals surface area (Å²) in [6.07, 6.45) is -17.3. The van der Waals surface area contributed by atoms with E-state index in [0.29, 0.717) is 6.54 Å². The van der Waals surface area contributed by atoms with Crippen LogP contribution >= 0.6 is 0 Å². The van der Waals surface area contributed by atoms with Gasteiger partial charge in [-0.15, -0.1) is 0 Å². The predicted octanol–water partition coefficient (Wildman–Crippen LogP) is -4.93. The minimum atomic E-state index is -3.21. The number of aliphatic hydroxyl groups excluding tert-OH is 9. The van der Waals surface area contributed by atoms with Crippen LogP contribution in [0.3, 0.4) is 0 Å². The lowest BCUT2D eigenvalue weighted by atomic mass is 9.87. The molecule has 0 saturated carbocycles. The number of unbranched alkanes of at least 4 members (excludes halogenated alkanes) is 9. The maximum absolute atomic E-state index is 13.1. The molecule has 17 unspecified atom stereocenters. The average Bonchev–Trinajstić information content (AvgIpc) is 3.29. The fourth-order valence-electron chi connectivity index (χ4n) is 8.86. The van der Waals surface area contributed by atoms with E-state index in [9.17, 15) is 85.6 Å². The van der Waals surface area contributed by atoms with E-state index in [4.69, 9.17) is 29.4 Å². The molecule has 17 atom stereocenters. The molecule has 2 amide bonds. The van der Waals surface area contributed by atoms with E-state index < -0.39 is 165 Å². The van der Waals surface area contributed by atoms with E-state index in [1.54, 1.807) is 0 Å². The Morgan fingerprint density at radius 3 is 1.61 bits per heavy atom. The van der Waals surface area contributed by atoms with Crippen LogP contribution in [0.25, 0.3) is 0 Å². The fraction of sp³-hybridized carbons (Fsp3) is 0.907. The van der Waals surface area contributed by atoms with Crippen molar-refractivity contribution in [1.29, 1.82) is 0 Å². The number of carboxylic acids is 2. The molecule has 0 spiro atoms. The fourth-order valence-corrected chi connectivity index (χ4v) is 8.86. The summed E-state index contributed by atoms with van der Waals surface area (Å²) < 4.78 is 28.2. The minimum Gasteiger partial charge on any atom is -0.477 e. The molecule has 0 aromatic rings. The standard InChI is InChI=1S/C43H78N4O22/c1-4-6-7-8-9-10-11-12-13-14-15-45-19-26(54)35-31(47-29(55)5-2)25(53)18-43(68-35,40(62)63)65-27(20-48)33(56)36-30(44)23(51)17-42(69-36,39(60)61)66-28(21-49)34(57)37-32(46-22(3)50)24(52)16-41(64,67-37)38(58)59/h23-28,30-38,45,48-49,51-54,56-59,64H,4-21,44H2,1-3H3,(H,46,50)(H,47,55)(H,60,61)(H,62,63). The van der Waals surface area contributed by atoms with Gasteiger partial charge >= 0.3 is 11.9 Å². The van der Waals surface area contributed by atoms with E-state index >= 15 is 0 Å². The molecule has 26 nitrogen and oxygen atoms in total. The van der Waals surface area contributed by atoms with Crippen molar-refractivity contribution in [3.05, 3.63) is 0 Å². The lowest BCUT2D eigenvalue weighted by Gasteiger charge is -2.50. The molecule has 0 radical (unpaired) electrons. The van der Waals surface area contributed by atoms with Gasteiger partial charge in [-0.05, 0) is 13.0 Å². The van der Waals surface area contributed by atoms with Gasteiger partial charge in [0, 0.05) is 39.2 Å². The summed E-state index contributed by atoms with van der Waals surface area (Å²) in [4.78, 5) is 50.7. The highest BCUT2D eigenvalue weighted by molar-refractivity contribution is 5.78. The number of carbonyl (C=O) groups excluding carboxylic acids is 2. The Balaban J connectivity index is 1.86. The van der Waals surface area contributed by atoms with Crippen LogP contribution in [0.4, 0.5) is 0 Å². The molecule has 69 heavy (non-hydrogen) atoms. The molecule has 3 aliphatic heterocycles. The summed E-state index contributed by atoms with van der Waals surface area (Å²) in [5.74, 6) is -14.6.